The Balaban J connectivity index is 1.67. The SMILES string of the molecule is NCCN(N)/N=C(\N)c1ccc(C2=CC3(CCNCC3)Oc3ccccc32)cc1. The molecule has 2 aliphatic rings. The number of piperidine rings is 1. The summed E-state index contributed by atoms with van der Waals surface area (Å²) in [5, 5.41) is 8.85. The molecule has 0 atom stereocenters. The second-order valence-corrected chi connectivity index (χ2v) is 7.49. The molecule has 1 fully saturated rings. The van der Waals surface area contributed by atoms with Crippen molar-refractivity contribution in [2.45, 2.75) is 18.4 Å². The van der Waals surface area contributed by atoms with Crippen LogP contribution in [0.1, 0.15) is 29.5 Å². The number of nitrogens with zero attached hydrogens (tertiary/aromatic N) is 2. The van der Waals surface area contributed by atoms with Crippen LogP contribution in [-0.2, 0) is 0 Å². The van der Waals surface area contributed by atoms with Gasteiger partial charge in [0, 0.05) is 30.5 Å². The van der Waals surface area contributed by atoms with Gasteiger partial charge in [-0.1, -0.05) is 42.5 Å². The third kappa shape index (κ3) is 4.12. The van der Waals surface area contributed by atoms with E-state index in [1.807, 2.05) is 24.3 Å². The van der Waals surface area contributed by atoms with Gasteiger partial charge in [-0.25, -0.2) is 11.0 Å². The van der Waals surface area contributed by atoms with E-state index < -0.39 is 0 Å². The Morgan fingerprint density at radius 3 is 2.55 bits per heavy atom. The molecule has 2 aromatic rings. The molecule has 1 saturated heterocycles. The average Bonchev–Trinajstić information content (AvgIpc) is 2.74. The Morgan fingerprint density at radius 2 is 1.83 bits per heavy atom. The monoisotopic (exact) mass is 392 g/mol. The molecule has 152 valence electrons. The topological polar surface area (TPSA) is 115 Å². The van der Waals surface area contributed by atoms with E-state index in [4.69, 9.17) is 22.0 Å². The highest BCUT2D eigenvalue weighted by molar-refractivity contribution is 5.97. The van der Waals surface area contributed by atoms with Crippen LogP contribution in [-0.4, -0.2) is 42.7 Å². The highest BCUT2D eigenvalue weighted by Gasteiger charge is 2.36. The molecule has 0 radical (unpaired) electrons. The first kappa shape index (κ1) is 19.4. The number of hydrogen-bond donors (Lipinski definition) is 4. The number of nitrogens with two attached hydrogens (primary N) is 3. The van der Waals surface area contributed by atoms with Crippen LogP contribution in [0.25, 0.3) is 5.57 Å². The lowest BCUT2D eigenvalue weighted by atomic mass is 9.83. The van der Waals surface area contributed by atoms with Crippen LogP contribution >= 0.6 is 0 Å². The lowest BCUT2D eigenvalue weighted by Gasteiger charge is -2.40. The summed E-state index contributed by atoms with van der Waals surface area (Å²) in [6.45, 7) is 2.77. The van der Waals surface area contributed by atoms with E-state index in [-0.39, 0.29) is 5.60 Å². The van der Waals surface area contributed by atoms with Crippen LogP contribution < -0.4 is 27.4 Å². The van der Waals surface area contributed by atoms with E-state index in [1.54, 1.807) is 0 Å². The average molecular weight is 393 g/mol. The molecule has 7 heteroatoms. The molecule has 0 aromatic heterocycles. The van der Waals surface area contributed by atoms with Gasteiger partial charge in [-0.2, -0.15) is 0 Å². The molecule has 0 bridgehead atoms. The normalized spacial score (nSPS) is 18.0. The maximum atomic E-state index is 6.46. The number of benzene rings is 2. The number of amidine groups is 1. The van der Waals surface area contributed by atoms with Crippen LogP contribution in [0.3, 0.4) is 0 Å². The highest BCUT2D eigenvalue weighted by Crippen LogP contribution is 2.42. The van der Waals surface area contributed by atoms with E-state index >= 15 is 0 Å². The zero-order valence-electron chi connectivity index (χ0n) is 16.5. The molecule has 2 heterocycles. The summed E-state index contributed by atoms with van der Waals surface area (Å²) >= 11 is 0. The van der Waals surface area contributed by atoms with Crippen LogP contribution in [0.15, 0.2) is 59.7 Å². The molecule has 7 N–H and O–H groups in total. The Bertz CT molecular complexity index is 915. The van der Waals surface area contributed by atoms with Crippen molar-refractivity contribution in [3.8, 4) is 5.75 Å². The number of hydrogen-bond acceptors (Lipinski definition) is 6. The van der Waals surface area contributed by atoms with Gasteiger partial charge in [0.15, 0.2) is 5.84 Å². The molecule has 4 rings (SSSR count). The summed E-state index contributed by atoms with van der Waals surface area (Å²) in [4.78, 5) is 0. The Morgan fingerprint density at radius 1 is 1.10 bits per heavy atom. The molecule has 0 amide bonds. The summed E-state index contributed by atoms with van der Waals surface area (Å²) in [6, 6.07) is 16.3. The fourth-order valence-corrected chi connectivity index (χ4v) is 3.90. The number of rotatable bonds is 5. The van der Waals surface area contributed by atoms with Crippen molar-refractivity contribution in [2.75, 3.05) is 26.2 Å². The lowest BCUT2D eigenvalue weighted by molar-refractivity contribution is 0.0817. The fraction of sp³-hybridized carbons (Fsp3) is 0.318. The third-order valence-electron chi connectivity index (χ3n) is 5.43. The predicted octanol–water partition coefficient (Wildman–Crippen LogP) is 1.39. The lowest BCUT2D eigenvalue weighted by Crippen LogP contribution is -2.46. The summed E-state index contributed by atoms with van der Waals surface area (Å²) in [6.07, 6.45) is 4.21. The van der Waals surface area contributed by atoms with E-state index in [9.17, 15) is 0 Å². The van der Waals surface area contributed by atoms with Gasteiger partial charge < -0.3 is 21.5 Å². The summed E-state index contributed by atoms with van der Waals surface area (Å²) in [5.41, 5.74) is 15.6. The maximum Gasteiger partial charge on any atom is 0.152 e. The standard InChI is InChI=1S/C22H28N6O/c23-11-14-28(25)27-21(24)17-7-5-16(6-8-17)19-15-22(9-12-26-13-10-22)29-20-4-2-1-3-18(19)20/h1-8,15,26H,9-14,23,25H2,(H2,24,27). The molecule has 29 heavy (non-hydrogen) atoms. The van der Waals surface area contributed by atoms with Crippen LogP contribution in [0.4, 0.5) is 0 Å². The zero-order valence-corrected chi connectivity index (χ0v) is 16.5. The Labute approximate surface area is 171 Å². The summed E-state index contributed by atoms with van der Waals surface area (Å²) in [7, 11) is 0. The largest absolute Gasteiger partial charge is 0.482 e. The number of fused-ring (bicyclic) bond motifs is 1. The first-order valence-electron chi connectivity index (χ1n) is 9.99. The van der Waals surface area contributed by atoms with Crippen LogP contribution in [0.5, 0.6) is 5.75 Å². The smallest absolute Gasteiger partial charge is 0.152 e. The fourth-order valence-electron chi connectivity index (χ4n) is 3.90. The van der Waals surface area contributed by atoms with Crippen LogP contribution in [0.2, 0.25) is 0 Å². The van der Waals surface area contributed by atoms with E-state index in [2.05, 4.69) is 40.8 Å². The van der Waals surface area contributed by atoms with E-state index in [1.165, 1.54) is 10.7 Å². The molecular formula is C22H28N6O. The molecule has 1 spiro atoms. The predicted molar refractivity (Wildman–Crippen MR) is 116 cm³/mol. The minimum atomic E-state index is -0.254. The van der Waals surface area contributed by atoms with Gasteiger partial charge in [-0.3, -0.25) is 0 Å². The summed E-state index contributed by atoms with van der Waals surface area (Å²) < 4.78 is 6.46. The number of ether oxygens (including phenoxy) is 1. The van der Waals surface area contributed by atoms with Crippen molar-refractivity contribution in [2.24, 2.45) is 22.4 Å². The minimum Gasteiger partial charge on any atom is -0.482 e. The highest BCUT2D eigenvalue weighted by atomic mass is 16.5. The first-order valence-corrected chi connectivity index (χ1v) is 9.99. The van der Waals surface area contributed by atoms with Gasteiger partial charge in [-0.15, -0.1) is 5.10 Å². The molecule has 2 aliphatic heterocycles. The Kier molecular flexibility index (Phi) is 5.53. The number of nitrogens with one attached hydrogen (secondary N) is 1. The number of para-hydroxylation sites is 1. The van der Waals surface area contributed by atoms with E-state index in [0.29, 0.717) is 18.9 Å². The number of hydrazone groups is 1. The van der Waals surface area contributed by atoms with Gasteiger partial charge in [0.1, 0.15) is 11.4 Å². The second kappa shape index (κ2) is 8.24. The second-order valence-electron chi connectivity index (χ2n) is 7.49. The molecule has 0 unspecified atom stereocenters. The van der Waals surface area contributed by atoms with Crippen molar-refractivity contribution in [3.05, 3.63) is 71.3 Å². The number of hydrazine groups is 1. The molecule has 0 aliphatic carbocycles. The van der Waals surface area contributed by atoms with Crippen molar-refractivity contribution in [3.63, 3.8) is 0 Å². The summed E-state index contributed by atoms with van der Waals surface area (Å²) in [5.74, 6) is 7.07. The zero-order chi connectivity index (χ0) is 20.3. The van der Waals surface area contributed by atoms with Crippen LogP contribution in [0, 0.1) is 0 Å². The van der Waals surface area contributed by atoms with Crippen molar-refractivity contribution >= 4 is 11.4 Å². The maximum absolute atomic E-state index is 6.46. The van der Waals surface area contributed by atoms with Gasteiger partial charge in [0.05, 0.1) is 6.54 Å². The van der Waals surface area contributed by atoms with Crippen molar-refractivity contribution < 1.29 is 4.74 Å². The van der Waals surface area contributed by atoms with Crippen molar-refractivity contribution in [1.82, 2.24) is 10.4 Å². The van der Waals surface area contributed by atoms with Gasteiger partial charge in [0.2, 0.25) is 0 Å². The Hall–Kier alpha value is -2.87. The third-order valence-corrected chi connectivity index (χ3v) is 5.43. The quantitative estimate of drug-likeness (QED) is 0.265. The van der Waals surface area contributed by atoms with Gasteiger partial charge in [-0.05, 0) is 36.4 Å². The first-order chi connectivity index (χ1) is 14.1. The molecule has 7 nitrogen and oxygen atoms in total. The van der Waals surface area contributed by atoms with Crippen molar-refractivity contribution in [1.29, 1.82) is 0 Å². The minimum absolute atomic E-state index is 0.254. The molecule has 2 aromatic carbocycles. The molecule has 0 saturated carbocycles. The van der Waals surface area contributed by atoms with E-state index in [0.717, 1.165) is 48.4 Å². The van der Waals surface area contributed by atoms with Gasteiger partial charge >= 0.3 is 0 Å². The molecular weight excluding hydrogens is 364 g/mol. The van der Waals surface area contributed by atoms with Gasteiger partial charge in [0.25, 0.3) is 0 Å².